The van der Waals surface area contributed by atoms with Crippen LogP contribution in [0.3, 0.4) is 0 Å². The molecule has 1 aliphatic rings. The van der Waals surface area contributed by atoms with Crippen molar-refractivity contribution in [2.24, 2.45) is 0 Å². The molecule has 0 fully saturated rings. The lowest BCUT2D eigenvalue weighted by Gasteiger charge is -2.15. The molecule has 0 bridgehead atoms. The molecule has 1 aliphatic heterocycles. The van der Waals surface area contributed by atoms with E-state index in [2.05, 4.69) is 10.6 Å². The molecule has 0 saturated carbocycles. The maximum Gasteiger partial charge on any atom is 0.254 e. The highest BCUT2D eigenvalue weighted by Crippen LogP contribution is 2.44. The van der Waals surface area contributed by atoms with Crippen LogP contribution >= 0.6 is 0 Å². The highest BCUT2D eigenvalue weighted by atomic mass is 16.5. The number of benzene rings is 2. The number of hydrogen-bond acceptors (Lipinski definition) is 4. The summed E-state index contributed by atoms with van der Waals surface area (Å²) in [6.07, 6.45) is -0.141. The largest absolute Gasteiger partial charge is 0.489 e. The van der Waals surface area contributed by atoms with Crippen LogP contribution < -0.4 is 15.4 Å². The highest BCUT2D eigenvalue weighted by molar-refractivity contribution is 6.02. The standard InChI is InChI=1S/C21H24N2O4/c1-13-18(14-7-5-4-6-8-14)16-11-15(20(24)23-9-10-26-3)12-17(19(16)27-13)21(25)22-2/h4-8,11-13,18H,9-10H2,1-3H3,(H,22,25)(H,23,24)/t13-,18+/m1/s1. The number of carbonyl (C=O) groups is 2. The number of amides is 2. The number of nitrogens with one attached hydrogen (secondary N) is 2. The Morgan fingerprint density at radius 2 is 1.89 bits per heavy atom. The van der Waals surface area contributed by atoms with Gasteiger partial charge in [-0.2, -0.15) is 0 Å². The molecule has 1 heterocycles. The van der Waals surface area contributed by atoms with Crippen LogP contribution in [0, 0.1) is 0 Å². The van der Waals surface area contributed by atoms with Gasteiger partial charge in [-0.3, -0.25) is 9.59 Å². The van der Waals surface area contributed by atoms with Gasteiger partial charge in [0, 0.05) is 37.7 Å². The Kier molecular flexibility index (Phi) is 5.76. The first-order chi connectivity index (χ1) is 13.1. The summed E-state index contributed by atoms with van der Waals surface area (Å²) in [6.45, 7) is 2.80. The molecule has 2 atom stereocenters. The number of methoxy groups -OCH3 is 1. The van der Waals surface area contributed by atoms with E-state index in [4.69, 9.17) is 9.47 Å². The molecule has 0 aliphatic carbocycles. The lowest BCUT2D eigenvalue weighted by Crippen LogP contribution is -2.27. The van der Waals surface area contributed by atoms with Gasteiger partial charge < -0.3 is 20.1 Å². The molecule has 2 aromatic carbocycles. The minimum atomic E-state index is -0.279. The van der Waals surface area contributed by atoms with Crippen molar-refractivity contribution < 1.29 is 19.1 Å². The van der Waals surface area contributed by atoms with Gasteiger partial charge in [-0.1, -0.05) is 30.3 Å². The van der Waals surface area contributed by atoms with Crippen molar-refractivity contribution in [3.63, 3.8) is 0 Å². The molecule has 6 nitrogen and oxygen atoms in total. The molecule has 0 unspecified atom stereocenters. The molecule has 0 spiro atoms. The second-order valence-corrected chi connectivity index (χ2v) is 6.48. The molecule has 2 aromatic rings. The summed E-state index contributed by atoms with van der Waals surface area (Å²) in [5.74, 6) is -0.0226. The van der Waals surface area contributed by atoms with Crippen molar-refractivity contribution in [2.45, 2.75) is 18.9 Å². The topological polar surface area (TPSA) is 76.7 Å². The molecule has 3 rings (SSSR count). The van der Waals surface area contributed by atoms with Gasteiger partial charge in [-0.25, -0.2) is 0 Å². The van der Waals surface area contributed by atoms with Gasteiger partial charge in [0.25, 0.3) is 11.8 Å². The molecule has 0 saturated heterocycles. The normalized spacial score (nSPS) is 17.7. The highest BCUT2D eigenvalue weighted by Gasteiger charge is 2.36. The first-order valence-corrected chi connectivity index (χ1v) is 8.95. The minimum Gasteiger partial charge on any atom is -0.489 e. The number of ether oxygens (including phenoxy) is 2. The van der Waals surface area contributed by atoms with E-state index < -0.39 is 0 Å². The molecule has 27 heavy (non-hydrogen) atoms. The Balaban J connectivity index is 2.06. The lowest BCUT2D eigenvalue weighted by atomic mass is 9.87. The molecule has 0 radical (unpaired) electrons. The molecular weight excluding hydrogens is 344 g/mol. The van der Waals surface area contributed by atoms with E-state index in [9.17, 15) is 9.59 Å². The second-order valence-electron chi connectivity index (χ2n) is 6.48. The molecule has 2 amide bonds. The Morgan fingerprint density at radius 1 is 1.15 bits per heavy atom. The van der Waals surface area contributed by atoms with Crippen LogP contribution in [0.4, 0.5) is 0 Å². The maximum absolute atomic E-state index is 12.6. The Morgan fingerprint density at radius 3 is 2.56 bits per heavy atom. The fourth-order valence-electron chi connectivity index (χ4n) is 3.43. The van der Waals surface area contributed by atoms with Crippen LogP contribution in [0.5, 0.6) is 5.75 Å². The predicted molar refractivity (Wildman–Crippen MR) is 102 cm³/mol. The van der Waals surface area contributed by atoms with E-state index >= 15 is 0 Å². The summed E-state index contributed by atoms with van der Waals surface area (Å²) in [6, 6.07) is 13.4. The van der Waals surface area contributed by atoms with Gasteiger partial charge >= 0.3 is 0 Å². The van der Waals surface area contributed by atoms with E-state index in [0.717, 1.165) is 11.1 Å². The van der Waals surface area contributed by atoms with Crippen molar-refractivity contribution in [3.05, 3.63) is 64.7 Å². The first kappa shape index (κ1) is 18.9. The van der Waals surface area contributed by atoms with E-state index in [1.165, 1.54) is 0 Å². The third-order valence-corrected chi connectivity index (χ3v) is 4.71. The first-order valence-electron chi connectivity index (χ1n) is 8.95. The summed E-state index contributed by atoms with van der Waals surface area (Å²) in [5.41, 5.74) is 2.74. The third kappa shape index (κ3) is 3.80. The summed E-state index contributed by atoms with van der Waals surface area (Å²) in [5, 5.41) is 5.43. The minimum absolute atomic E-state index is 0.0451. The predicted octanol–water partition coefficient (Wildman–Crippen LogP) is 2.34. The summed E-state index contributed by atoms with van der Waals surface area (Å²) in [4.78, 5) is 25.0. The van der Waals surface area contributed by atoms with Crippen LogP contribution in [-0.2, 0) is 4.74 Å². The van der Waals surface area contributed by atoms with E-state index in [1.54, 1.807) is 20.2 Å². The van der Waals surface area contributed by atoms with E-state index in [-0.39, 0.29) is 23.8 Å². The Bertz CT molecular complexity index is 836. The van der Waals surface area contributed by atoms with Crippen molar-refractivity contribution in [1.82, 2.24) is 10.6 Å². The smallest absolute Gasteiger partial charge is 0.254 e. The summed E-state index contributed by atoms with van der Waals surface area (Å²) < 4.78 is 11.0. The van der Waals surface area contributed by atoms with E-state index in [0.29, 0.717) is 30.0 Å². The summed E-state index contributed by atoms with van der Waals surface area (Å²) in [7, 11) is 3.14. The van der Waals surface area contributed by atoms with E-state index in [1.807, 2.05) is 43.3 Å². The van der Waals surface area contributed by atoms with Gasteiger partial charge in [-0.05, 0) is 24.6 Å². The van der Waals surface area contributed by atoms with Gasteiger partial charge in [0.2, 0.25) is 0 Å². The number of hydrogen-bond donors (Lipinski definition) is 2. The second kappa shape index (κ2) is 8.22. The fraction of sp³-hybridized carbons (Fsp3) is 0.333. The van der Waals surface area contributed by atoms with Crippen LogP contribution in [0.1, 0.15) is 44.7 Å². The Labute approximate surface area is 158 Å². The van der Waals surface area contributed by atoms with Gasteiger partial charge in [-0.15, -0.1) is 0 Å². The molecular formula is C21H24N2O4. The zero-order valence-corrected chi connectivity index (χ0v) is 15.7. The zero-order chi connectivity index (χ0) is 19.4. The van der Waals surface area contributed by atoms with Crippen LogP contribution in [0.25, 0.3) is 0 Å². The van der Waals surface area contributed by atoms with Crippen molar-refractivity contribution in [3.8, 4) is 5.75 Å². The number of carbonyl (C=O) groups excluding carboxylic acids is 2. The maximum atomic E-state index is 12.6. The van der Waals surface area contributed by atoms with Crippen LogP contribution in [-0.4, -0.2) is 45.2 Å². The summed E-state index contributed by atoms with van der Waals surface area (Å²) >= 11 is 0. The zero-order valence-electron chi connectivity index (χ0n) is 15.7. The Hall–Kier alpha value is -2.86. The van der Waals surface area contributed by atoms with Crippen LogP contribution in [0.2, 0.25) is 0 Å². The van der Waals surface area contributed by atoms with Gasteiger partial charge in [0.05, 0.1) is 12.2 Å². The van der Waals surface area contributed by atoms with Crippen molar-refractivity contribution in [1.29, 1.82) is 0 Å². The van der Waals surface area contributed by atoms with Crippen LogP contribution in [0.15, 0.2) is 42.5 Å². The number of fused-ring (bicyclic) bond motifs is 1. The fourth-order valence-corrected chi connectivity index (χ4v) is 3.43. The average molecular weight is 368 g/mol. The molecule has 0 aromatic heterocycles. The third-order valence-electron chi connectivity index (χ3n) is 4.71. The van der Waals surface area contributed by atoms with Crippen molar-refractivity contribution >= 4 is 11.8 Å². The monoisotopic (exact) mass is 368 g/mol. The molecule has 142 valence electrons. The lowest BCUT2D eigenvalue weighted by molar-refractivity contribution is 0.0937. The van der Waals surface area contributed by atoms with Gasteiger partial charge in [0.1, 0.15) is 11.9 Å². The SMILES string of the molecule is CNC(=O)c1cc(C(=O)NCCOC)cc2c1O[C@H](C)[C@H]2c1ccccc1. The number of rotatable bonds is 6. The van der Waals surface area contributed by atoms with Gasteiger partial charge in [0.15, 0.2) is 0 Å². The quantitative estimate of drug-likeness (QED) is 0.768. The molecule has 6 heteroatoms. The average Bonchev–Trinajstić information content (AvgIpc) is 3.03. The molecule has 2 N–H and O–H groups in total. The van der Waals surface area contributed by atoms with Crippen molar-refractivity contribution in [2.75, 3.05) is 27.3 Å².